The van der Waals surface area contributed by atoms with Crippen molar-refractivity contribution in [2.45, 2.75) is 27.2 Å². The molecule has 1 aromatic carbocycles. The molecule has 0 aliphatic rings. The van der Waals surface area contributed by atoms with Gasteiger partial charge >= 0.3 is 0 Å². The number of carbonyl (C=O) groups is 1. The first-order valence-corrected chi connectivity index (χ1v) is 4.61. The molecule has 0 atom stereocenters. The molecule has 0 fully saturated rings. The summed E-state index contributed by atoms with van der Waals surface area (Å²) in [4.78, 5) is 11.2. The molecular formula is C11H14FNOY. The van der Waals surface area contributed by atoms with Crippen LogP contribution in [0.5, 0.6) is 0 Å². The molecule has 0 aromatic heterocycles. The topological polar surface area (TPSA) is 29.1 Å². The fourth-order valence-corrected chi connectivity index (χ4v) is 1.34. The zero-order valence-electron chi connectivity index (χ0n) is 9.23. The Morgan fingerprint density at radius 1 is 1.33 bits per heavy atom. The van der Waals surface area contributed by atoms with Gasteiger partial charge in [-0.25, -0.2) is 4.39 Å². The van der Waals surface area contributed by atoms with Gasteiger partial charge in [-0.05, 0) is 37.1 Å². The molecule has 79 valence electrons. The van der Waals surface area contributed by atoms with Gasteiger partial charge in [-0.2, -0.15) is 0 Å². The van der Waals surface area contributed by atoms with Crippen molar-refractivity contribution >= 4 is 11.6 Å². The molecule has 1 amide bonds. The van der Waals surface area contributed by atoms with Crippen LogP contribution >= 0.6 is 0 Å². The van der Waals surface area contributed by atoms with Gasteiger partial charge in [0.25, 0.3) is 0 Å². The van der Waals surface area contributed by atoms with E-state index in [4.69, 9.17) is 0 Å². The molecule has 0 aliphatic heterocycles. The summed E-state index contributed by atoms with van der Waals surface area (Å²) in [5.41, 5.74) is 2.23. The normalized spacial score (nSPS) is 9.33. The number of hydrogen-bond acceptors (Lipinski definition) is 1. The molecule has 0 saturated heterocycles. The Labute approximate surface area is 115 Å². The molecule has 1 radical (unpaired) electrons. The quantitative estimate of drug-likeness (QED) is 0.889. The number of aryl methyl sites for hydroxylation is 2. The smallest absolute Gasteiger partial charge is 0.224 e. The average molecular weight is 284 g/mol. The number of rotatable bonds is 2. The Balaban J connectivity index is 0.00000196. The van der Waals surface area contributed by atoms with Crippen molar-refractivity contribution in [1.82, 2.24) is 0 Å². The second-order valence-corrected chi connectivity index (χ2v) is 3.32. The standard InChI is InChI=1S/C11H14FNO.Y/c1-4-10(14)13-11-7(2)5-9(12)6-8(11)3;/h5-6H,4H2,1-3H3,(H,13,14);. The van der Waals surface area contributed by atoms with Crippen molar-refractivity contribution in [1.29, 1.82) is 0 Å². The molecule has 0 aliphatic carbocycles. The monoisotopic (exact) mass is 284 g/mol. The van der Waals surface area contributed by atoms with Gasteiger partial charge in [0.1, 0.15) is 5.82 Å². The van der Waals surface area contributed by atoms with Crippen LogP contribution in [-0.2, 0) is 37.5 Å². The van der Waals surface area contributed by atoms with E-state index in [0.29, 0.717) is 6.42 Å². The van der Waals surface area contributed by atoms with E-state index in [1.165, 1.54) is 12.1 Å². The summed E-state index contributed by atoms with van der Waals surface area (Å²) in [7, 11) is 0. The van der Waals surface area contributed by atoms with Crippen molar-refractivity contribution in [3.63, 3.8) is 0 Å². The van der Waals surface area contributed by atoms with Crippen molar-refractivity contribution < 1.29 is 41.9 Å². The van der Waals surface area contributed by atoms with E-state index in [2.05, 4.69) is 5.32 Å². The number of carbonyl (C=O) groups excluding carboxylic acids is 1. The minimum absolute atomic E-state index is 0. The van der Waals surface area contributed by atoms with Crippen LogP contribution in [0.2, 0.25) is 0 Å². The Kier molecular flexibility index (Phi) is 6.22. The molecular weight excluding hydrogens is 270 g/mol. The van der Waals surface area contributed by atoms with Gasteiger partial charge in [0.2, 0.25) is 5.91 Å². The third-order valence-corrected chi connectivity index (χ3v) is 2.08. The second kappa shape index (κ2) is 6.34. The van der Waals surface area contributed by atoms with Gasteiger partial charge in [-0.3, -0.25) is 4.79 Å². The largest absolute Gasteiger partial charge is 0.326 e. The minimum Gasteiger partial charge on any atom is -0.326 e. The molecule has 0 bridgehead atoms. The Bertz CT molecular complexity index is 343. The number of halogens is 1. The maximum atomic E-state index is 12.9. The summed E-state index contributed by atoms with van der Waals surface area (Å²) in [5.74, 6) is -0.322. The van der Waals surface area contributed by atoms with Crippen LogP contribution in [-0.4, -0.2) is 5.91 Å². The summed E-state index contributed by atoms with van der Waals surface area (Å²) < 4.78 is 12.9. The molecule has 0 saturated carbocycles. The van der Waals surface area contributed by atoms with Crippen LogP contribution in [0.15, 0.2) is 12.1 Å². The number of anilines is 1. The van der Waals surface area contributed by atoms with Gasteiger partial charge in [0.05, 0.1) is 0 Å². The average Bonchev–Trinajstić information content (AvgIpc) is 2.10. The Morgan fingerprint density at radius 3 is 2.20 bits per heavy atom. The van der Waals surface area contributed by atoms with Crippen LogP contribution in [0.3, 0.4) is 0 Å². The van der Waals surface area contributed by atoms with Crippen molar-refractivity contribution in [3.8, 4) is 0 Å². The molecule has 15 heavy (non-hydrogen) atoms. The fraction of sp³-hybridized carbons (Fsp3) is 0.364. The number of hydrogen-bond donors (Lipinski definition) is 1. The molecule has 2 nitrogen and oxygen atoms in total. The fourth-order valence-electron chi connectivity index (χ4n) is 1.34. The second-order valence-electron chi connectivity index (χ2n) is 3.32. The van der Waals surface area contributed by atoms with E-state index in [-0.39, 0.29) is 44.4 Å². The van der Waals surface area contributed by atoms with Crippen molar-refractivity contribution in [3.05, 3.63) is 29.1 Å². The van der Waals surface area contributed by atoms with Gasteiger partial charge in [-0.15, -0.1) is 0 Å². The van der Waals surface area contributed by atoms with E-state index in [9.17, 15) is 9.18 Å². The van der Waals surface area contributed by atoms with E-state index in [0.717, 1.165) is 16.8 Å². The number of benzene rings is 1. The van der Waals surface area contributed by atoms with Crippen LogP contribution in [0.4, 0.5) is 10.1 Å². The first-order chi connectivity index (χ1) is 6.54. The van der Waals surface area contributed by atoms with E-state index >= 15 is 0 Å². The molecule has 1 rings (SSSR count). The van der Waals surface area contributed by atoms with E-state index < -0.39 is 0 Å². The van der Waals surface area contributed by atoms with Gasteiger partial charge in [0.15, 0.2) is 0 Å². The zero-order valence-corrected chi connectivity index (χ0v) is 12.1. The summed E-state index contributed by atoms with van der Waals surface area (Å²) in [6, 6.07) is 2.83. The Morgan fingerprint density at radius 2 is 1.80 bits per heavy atom. The van der Waals surface area contributed by atoms with Gasteiger partial charge < -0.3 is 5.32 Å². The minimum atomic E-state index is -0.269. The Hall–Kier alpha value is -0.276. The predicted octanol–water partition coefficient (Wildman–Crippen LogP) is 2.79. The third kappa shape index (κ3) is 4.00. The molecule has 4 heteroatoms. The van der Waals surface area contributed by atoms with Crippen LogP contribution in [0.25, 0.3) is 0 Å². The molecule has 0 heterocycles. The maximum absolute atomic E-state index is 12.9. The van der Waals surface area contributed by atoms with Gasteiger partial charge in [0, 0.05) is 44.8 Å². The number of nitrogens with one attached hydrogen (secondary N) is 1. The molecule has 0 spiro atoms. The van der Waals surface area contributed by atoms with Crippen molar-refractivity contribution in [2.75, 3.05) is 5.32 Å². The summed E-state index contributed by atoms with van der Waals surface area (Å²) in [6.45, 7) is 5.34. The first-order valence-electron chi connectivity index (χ1n) is 4.61. The van der Waals surface area contributed by atoms with Crippen LogP contribution in [0.1, 0.15) is 24.5 Å². The van der Waals surface area contributed by atoms with Gasteiger partial charge in [-0.1, -0.05) is 6.92 Å². The predicted molar refractivity (Wildman–Crippen MR) is 54.8 cm³/mol. The van der Waals surface area contributed by atoms with Crippen molar-refractivity contribution in [2.24, 2.45) is 0 Å². The number of amides is 1. The van der Waals surface area contributed by atoms with E-state index in [1.807, 2.05) is 0 Å². The molecule has 0 unspecified atom stereocenters. The van der Waals surface area contributed by atoms with Crippen LogP contribution < -0.4 is 5.32 Å². The summed E-state index contributed by atoms with van der Waals surface area (Å²) in [6.07, 6.45) is 0.427. The molecule has 1 N–H and O–H groups in total. The third-order valence-electron chi connectivity index (χ3n) is 2.08. The summed E-state index contributed by atoms with van der Waals surface area (Å²) >= 11 is 0. The summed E-state index contributed by atoms with van der Waals surface area (Å²) in [5, 5.41) is 2.75. The zero-order chi connectivity index (χ0) is 10.7. The van der Waals surface area contributed by atoms with Crippen LogP contribution in [0, 0.1) is 19.7 Å². The molecule has 1 aromatic rings. The first kappa shape index (κ1) is 14.7. The van der Waals surface area contributed by atoms with E-state index in [1.54, 1.807) is 20.8 Å². The SMILES string of the molecule is CCC(=O)Nc1c(C)cc(F)cc1C.[Y]. The maximum Gasteiger partial charge on any atom is 0.224 e.